The second kappa shape index (κ2) is 5.39. The van der Waals surface area contributed by atoms with Crippen molar-refractivity contribution in [2.24, 2.45) is 5.73 Å². The fraction of sp³-hybridized carbons (Fsp3) is 0.778. The lowest BCUT2D eigenvalue weighted by Gasteiger charge is -2.24. The van der Waals surface area contributed by atoms with Crippen molar-refractivity contribution in [3.05, 3.63) is 11.7 Å². The Hall–Kier alpha value is -0.240. The summed E-state index contributed by atoms with van der Waals surface area (Å²) in [6.45, 7) is 2.26. The minimum absolute atomic E-state index is 0.101. The first-order valence-corrected chi connectivity index (χ1v) is 7.27. The Labute approximate surface area is 103 Å². The van der Waals surface area contributed by atoms with Crippen LogP contribution in [0.15, 0.2) is 4.52 Å². The van der Waals surface area contributed by atoms with Crippen LogP contribution in [0.2, 0.25) is 0 Å². The number of aliphatic hydroxyl groups is 1. The van der Waals surface area contributed by atoms with Crippen molar-refractivity contribution in [3.8, 4) is 0 Å². The van der Waals surface area contributed by atoms with Gasteiger partial charge in [0, 0.05) is 23.3 Å². The van der Waals surface area contributed by atoms with E-state index in [1.54, 1.807) is 0 Å². The molecule has 3 N–H and O–H groups in total. The molecule has 0 saturated carbocycles. The maximum atomic E-state index is 9.47. The molecule has 1 fully saturated rings. The van der Waals surface area contributed by atoms with Gasteiger partial charge in [-0.3, -0.25) is 0 Å². The van der Waals surface area contributed by atoms with E-state index < -0.39 is 6.10 Å². The molecule has 90 valence electrons. The van der Waals surface area contributed by atoms with E-state index >= 15 is 0 Å². The number of hydrogen-bond donors (Lipinski definition) is 2. The van der Waals surface area contributed by atoms with Crippen LogP contribution in [0, 0.1) is 0 Å². The number of thioether (sulfide) groups is 2. The molecule has 0 spiro atoms. The van der Waals surface area contributed by atoms with Crippen LogP contribution < -0.4 is 5.73 Å². The number of rotatable bonds is 3. The van der Waals surface area contributed by atoms with Crippen LogP contribution in [-0.4, -0.2) is 38.5 Å². The lowest BCUT2D eigenvalue weighted by molar-refractivity contribution is 0.141. The van der Waals surface area contributed by atoms with Gasteiger partial charge in [-0.05, 0) is 0 Å². The second-order valence-corrected chi connectivity index (χ2v) is 6.34. The third-order valence-electron chi connectivity index (χ3n) is 2.41. The van der Waals surface area contributed by atoms with Crippen LogP contribution in [0.5, 0.6) is 0 Å². The zero-order valence-electron chi connectivity index (χ0n) is 9.00. The first-order valence-electron chi connectivity index (χ1n) is 5.17. The zero-order valence-corrected chi connectivity index (χ0v) is 10.6. The number of hydrogen-bond acceptors (Lipinski definition) is 7. The Bertz CT molecular complexity index is 347. The monoisotopic (exact) mass is 261 g/mol. The van der Waals surface area contributed by atoms with Gasteiger partial charge in [-0.15, -0.1) is 11.8 Å². The van der Waals surface area contributed by atoms with Gasteiger partial charge in [-0.2, -0.15) is 16.7 Å². The number of aliphatic hydroxyl groups excluding tert-OH is 1. The molecule has 1 aromatic rings. The van der Waals surface area contributed by atoms with Crippen LogP contribution in [0.1, 0.15) is 30.0 Å². The smallest absolute Gasteiger partial charge is 0.256 e. The van der Waals surface area contributed by atoms with E-state index in [2.05, 4.69) is 17.1 Å². The quantitative estimate of drug-likeness (QED) is 0.838. The Balaban J connectivity index is 2.11. The molecule has 1 aromatic heterocycles. The van der Waals surface area contributed by atoms with Crippen LogP contribution in [0.25, 0.3) is 0 Å². The first-order chi connectivity index (χ1) is 7.72. The molecular weight excluding hydrogens is 246 g/mol. The molecule has 0 aromatic carbocycles. The largest absolute Gasteiger partial charge is 0.382 e. The molecule has 1 aliphatic rings. The summed E-state index contributed by atoms with van der Waals surface area (Å²) >= 11 is 3.75. The van der Waals surface area contributed by atoms with Crippen molar-refractivity contribution >= 4 is 23.5 Å². The SMILES string of the molecule is CC1SCCSC1c1noc(C(O)CN)n1. The van der Waals surface area contributed by atoms with Crippen molar-refractivity contribution in [1.82, 2.24) is 10.1 Å². The van der Waals surface area contributed by atoms with E-state index in [4.69, 9.17) is 10.3 Å². The highest BCUT2D eigenvalue weighted by atomic mass is 32.2. The highest BCUT2D eigenvalue weighted by Gasteiger charge is 2.29. The van der Waals surface area contributed by atoms with Crippen molar-refractivity contribution in [3.63, 3.8) is 0 Å². The standard InChI is InChI=1S/C9H15N3O2S2/c1-5-7(16-3-2-15-5)8-11-9(14-12-8)6(13)4-10/h5-7,13H,2-4,10H2,1H3. The molecular formula is C9H15N3O2S2. The van der Waals surface area contributed by atoms with Gasteiger partial charge in [0.05, 0.1) is 5.25 Å². The van der Waals surface area contributed by atoms with Crippen LogP contribution in [-0.2, 0) is 0 Å². The first kappa shape index (κ1) is 12.2. The summed E-state index contributed by atoms with van der Waals surface area (Å²) in [5, 5.41) is 14.1. The van der Waals surface area contributed by atoms with E-state index in [-0.39, 0.29) is 17.7 Å². The predicted octanol–water partition coefficient (Wildman–Crippen LogP) is 0.971. The summed E-state index contributed by atoms with van der Waals surface area (Å²) in [6, 6.07) is 0. The van der Waals surface area contributed by atoms with Crippen molar-refractivity contribution in [2.45, 2.75) is 23.5 Å². The summed E-state index contributed by atoms with van der Waals surface area (Å²) in [4.78, 5) is 4.21. The zero-order chi connectivity index (χ0) is 11.5. The van der Waals surface area contributed by atoms with Crippen LogP contribution in [0.4, 0.5) is 0 Å². The van der Waals surface area contributed by atoms with Gasteiger partial charge in [0.25, 0.3) is 5.89 Å². The van der Waals surface area contributed by atoms with Crippen LogP contribution in [0.3, 0.4) is 0 Å². The lowest BCUT2D eigenvalue weighted by atomic mass is 10.3. The fourth-order valence-electron chi connectivity index (χ4n) is 1.52. The van der Waals surface area contributed by atoms with Gasteiger partial charge in [0.2, 0.25) is 0 Å². The Morgan fingerprint density at radius 3 is 3.00 bits per heavy atom. The predicted molar refractivity (Wildman–Crippen MR) is 65.4 cm³/mol. The lowest BCUT2D eigenvalue weighted by Crippen LogP contribution is -2.17. The third-order valence-corrected chi connectivity index (χ3v) is 5.49. The fourth-order valence-corrected chi connectivity index (χ4v) is 4.19. The van der Waals surface area contributed by atoms with Crippen LogP contribution >= 0.6 is 23.5 Å². The molecule has 3 unspecified atom stereocenters. The number of nitrogens with zero attached hydrogens (tertiary/aromatic N) is 2. The molecule has 3 atom stereocenters. The average Bonchev–Trinajstić information content (AvgIpc) is 2.78. The van der Waals surface area contributed by atoms with Gasteiger partial charge >= 0.3 is 0 Å². The molecule has 0 aliphatic carbocycles. The van der Waals surface area contributed by atoms with Crippen molar-refractivity contribution < 1.29 is 9.63 Å². The van der Waals surface area contributed by atoms with E-state index in [0.717, 1.165) is 5.75 Å². The van der Waals surface area contributed by atoms with Gasteiger partial charge in [0.1, 0.15) is 6.10 Å². The summed E-state index contributed by atoms with van der Waals surface area (Å²) in [5.41, 5.74) is 5.33. The normalized spacial score (nSPS) is 27.9. The molecule has 0 amide bonds. The topological polar surface area (TPSA) is 85.2 Å². The molecule has 1 saturated heterocycles. The molecule has 2 rings (SSSR count). The maximum absolute atomic E-state index is 9.47. The third kappa shape index (κ3) is 2.53. The summed E-state index contributed by atoms with van der Waals surface area (Å²) in [7, 11) is 0. The van der Waals surface area contributed by atoms with E-state index in [0.29, 0.717) is 11.1 Å². The van der Waals surface area contributed by atoms with E-state index in [9.17, 15) is 5.11 Å². The maximum Gasteiger partial charge on any atom is 0.256 e. The number of nitrogens with two attached hydrogens (primary N) is 1. The second-order valence-electron chi connectivity index (χ2n) is 3.61. The summed E-state index contributed by atoms with van der Waals surface area (Å²) < 4.78 is 5.01. The molecule has 1 aliphatic heterocycles. The molecule has 0 bridgehead atoms. The van der Waals surface area contributed by atoms with E-state index in [1.165, 1.54) is 5.75 Å². The Morgan fingerprint density at radius 2 is 2.31 bits per heavy atom. The van der Waals surface area contributed by atoms with Gasteiger partial charge in [-0.25, -0.2) is 0 Å². The minimum atomic E-state index is -0.849. The van der Waals surface area contributed by atoms with Crippen molar-refractivity contribution in [1.29, 1.82) is 0 Å². The van der Waals surface area contributed by atoms with E-state index in [1.807, 2.05) is 23.5 Å². The highest BCUT2D eigenvalue weighted by Crippen LogP contribution is 2.41. The highest BCUT2D eigenvalue weighted by molar-refractivity contribution is 8.06. The minimum Gasteiger partial charge on any atom is -0.382 e. The molecule has 16 heavy (non-hydrogen) atoms. The summed E-state index contributed by atoms with van der Waals surface area (Å²) in [6.07, 6.45) is -0.849. The van der Waals surface area contributed by atoms with Gasteiger partial charge < -0.3 is 15.4 Å². The van der Waals surface area contributed by atoms with Gasteiger partial charge in [0.15, 0.2) is 5.82 Å². The molecule has 7 heteroatoms. The Kier molecular flexibility index (Phi) is 4.12. The Morgan fingerprint density at radius 1 is 1.56 bits per heavy atom. The number of aromatic nitrogens is 2. The van der Waals surface area contributed by atoms with Crippen molar-refractivity contribution in [2.75, 3.05) is 18.1 Å². The summed E-state index contributed by atoms with van der Waals surface area (Å²) in [5.74, 6) is 3.16. The van der Waals surface area contributed by atoms with Gasteiger partial charge in [-0.1, -0.05) is 12.1 Å². The molecule has 0 radical (unpaired) electrons. The molecule has 2 heterocycles. The molecule has 5 nitrogen and oxygen atoms in total. The average molecular weight is 261 g/mol.